The van der Waals surface area contributed by atoms with E-state index in [4.69, 9.17) is 10.5 Å². The van der Waals surface area contributed by atoms with E-state index < -0.39 is 15.9 Å². The van der Waals surface area contributed by atoms with Gasteiger partial charge >= 0.3 is 0 Å². The molecule has 0 bridgehead atoms. The smallest absolute Gasteiger partial charge is 0.252 e. The van der Waals surface area contributed by atoms with Crippen molar-refractivity contribution < 1.29 is 17.9 Å². The molecule has 8 nitrogen and oxygen atoms in total. The van der Waals surface area contributed by atoms with Crippen LogP contribution in [0.15, 0.2) is 35.6 Å². The number of sulfonamides is 1. The van der Waals surface area contributed by atoms with Crippen LogP contribution in [-0.2, 0) is 23.0 Å². The van der Waals surface area contributed by atoms with Crippen LogP contribution >= 0.6 is 0 Å². The molecule has 1 aliphatic heterocycles. The van der Waals surface area contributed by atoms with Gasteiger partial charge in [0.15, 0.2) is 0 Å². The number of hydrogen-bond donors (Lipinski definition) is 1. The van der Waals surface area contributed by atoms with Crippen molar-refractivity contribution in [3.63, 3.8) is 0 Å². The standard InChI is InChI=1S/C19H26N4O4S/c1-3-15-11-21-13-22(15)12-14-6-8-23(9-7-14)28(25,26)16-4-5-18(27-2)17(10-16)19(20)24/h4-5,10-11,13-14H,3,6-9,12H2,1-2H3,(H2,20,24). The monoisotopic (exact) mass is 406 g/mol. The number of nitrogens with zero attached hydrogens (tertiary/aromatic N) is 3. The van der Waals surface area contributed by atoms with Crippen LogP contribution in [0, 0.1) is 5.92 Å². The number of aryl methyl sites for hydroxylation is 1. The average Bonchev–Trinajstić information content (AvgIpc) is 3.14. The highest BCUT2D eigenvalue weighted by Gasteiger charge is 2.30. The molecular weight excluding hydrogens is 380 g/mol. The minimum atomic E-state index is -3.69. The van der Waals surface area contributed by atoms with E-state index in [2.05, 4.69) is 16.5 Å². The Morgan fingerprint density at radius 1 is 1.32 bits per heavy atom. The van der Waals surface area contributed by atoms with Gasteiger partial charge in [0.1, 0.15) is 5.75 Å². The molecule has 2 aromatic rings. The number of benzene rings is 1. The summed E-state index contributed by atoms with van der Waals surface area (Å²) in [7, 11) is -2.28. The Morgan fingerprint density at radius 2 is 2.04 bits per heavy atom. The van der Waals surface area contributed by atoms with Crippen LogP contribution in [-0.4, -0.2) is 48.4 Å². The lowest BCUT2D eigenvalue weighted by molar-refractivity contribution is 0.0997. The van der Waals surface area contributed by atoms with E-state index >= 15 is 0 Å². The summed E-state index contributed by atoms with van der Waals surface area (Å²) >= 11 is 0. The van der Waals surface area contributed by atoms with Crippen LogP contribution < -0.4 is 10.5 Å². The van der Waals surface area contributed by atoms with Gasteiger partial charge in [0, 0.05) is 31.5 Å². The number of amides is 1. The summed E-state index contributed by atoms with van der Waals surface area (Å²) in [5, 5.41) is 0. The molecule has 0 aliphatic carbocycles. The van der Waals surface area contributed by atoms with Crippen molar-refractivity contribution in [1.82, 2.24) is 13.9 Å². The first-order valence-corrected chi connectivity index (χ1v) is 10.8. The van der Waals surface area contributed by atoms with Gasteiger partial charge in [0.25, 0.3) is 5.91 Å². The third-order valence-electron chi connectivity index (χ3n) is 5.26. The van der Waals surface area contributed by atoms with E-state index in [1.165, 1.54) is 35.3 Å². The van der Waals surface area contributed by atoms with Gasteiger partial charge in [0.05, 0.1) is 23.9 Å². The maximum atomic E-state index is 13.0. The first kappa shape index (κ1) is 20.3. The Morgan fingerprint density at radius 3 is 2.64 bits per heavy atom. The molecule has 1 amide bonds. The molecule has 152 valence electrons. The molecule has 1 aliphatic rings. The van der Waals surface area contributed by atoms with E-state index in [0.29, 0.717) is 19.0 Å². The fourth-order valence-electron chi connectivity index (χ4n) is 3.61. The highest BCUT2D eigenvalue weighted by Crippen LogP contribution is 2.28. The Kier molecular flexibility index (Phi) is 6.04. The van der Waals surface area contributed by atoms with Gasteiger partial charge in [-0.05, 0) is 43.4 Å². The van der Waals surface area contributed by atoms with Gasteiger partial charge in [0.2, 0.25) is 10.0 Å². The number of methoxy groups -OCH3 is 1. The quantitative estimate of drug-likeness (QED) is 0.752. The number of carbonyl (C=O) groups excluding carboxylic acids is 1. The summed E-state index contributed by atoms with van der Waals surface area (Å²) in [6.07, 6.45) is 6.19. The Hall–Kier alpha value is -2.39. The SMILES string of the molecule is CCc1cncn1CC1CCN(S(=O)(=O)c2ccc(OC)c(C(N)=O)c2)CC1. The molecule has 0 radical (unpaired) electrons. The van der Waals surface area contributed by atoms with Gasteiger partial charge in [-0.25, -0.2) is 13.4 Å². The molecule has 0 atom stereocenters. The van der Waals surface area contributed by atoms with Crippen LogP contribution in [0.4, 0.5) is 0 Å². The largest absolute Gasteiger partial charge is 0.496 e. The lowest BCUT2D eigenvalue weighted by atomic mass is 9.98. The first-order chi connectivity index (χ1) is 13.4. The molecule has 3 rings (SSSR count). The summed E-state index contributed by atoms with van der Waals surface area (Å²) < 4.78 is 34.7. The lowest BCUT2D eigenvalue weighted by Crippen LogP contribution is -2.39. The summed E-state index contributed by atoms with van der Waals surface area (Å²) in [5.41, 5.74) is 6.60. The number of nitrogens with two attached hydrogens (primary N) is 1. The minimum Gasteiger partial charge on any atom is -0.496 e. The van der Waals surface area contributed by atoms with Gasteiger partial charge < -0.3 is 15.0 Å². The zero-order chi connectivity index (χ0) is 20.3. The summed E-state index contributed by atoms with van der Waals surface area (Å²) in [4.78, 5) is 15.9. The van der Waals surface area contributed by atoms with Crippen LogP contribution in [0.2, 0.25) is 0 Å². The number of piperidine rings is 1. The minimum absolute atomic E-state index is 0.0587. The highest BCUT2D eigenvalue weighted by atomic mass is 32.2. The van der Waals surface area contributed by atoms with Crippen LogP contribution in [0.1, 0.15) is 35.8 Å². The topological polar surface area (TPSA) is 108 Å². The zero-order valence-electron chi connectivity index (χ0n) is 16.2. The molecule has 28 heavy (non-hydrogen) atoms. The predicted octanol–water partition coefficient (Wildman–Crippen LogP) is 1.65. The second kappa shape index (κ2) is 8.32. The van der Waals surface area contributed by atoms with Crippen molar-refractivity contribution in [3.8, 4) is 5.75 Å². The van der Waals surface area contributed by atoms with Gasteiger partial charge in [-0.15, -0.1) is 0 Å². The number of ether oxygens (including phenoxy) is 1. The van der Waals surface area contributed by atoms with Crippen molar-refractivity contribution in [2.24, 2.45) is 11.7 Å². The normalized spacial score (nSPS) is 16.2. The molecular formula is C19H26N4O4S. The number of rotatable bonds is 7. The average molecular weight is 407 g/mol. The molecule has 2 heterocycles. The van der Waals surface area contributed by atoms with Crippen LogP contribution in [0.25, 0.3) is 0 Å². The second-order valence-corrected chi connectivity index (χ2v) is 8.90. The molecule has 0 saturated carbocycles. The number of carbonyl (C=O) groups is 1. The molecule has 1 saturated heterocycles. The molecule has 0 spiro atoms. The van der Waals surface area contributed by atoms with E-state index in [0.717, 1.165) is 25.8 Å². The van der Waals surface area contributed by atoms with E-state index in [1.54, 1.807) is 0 Å². The number of primary amides is 1. The Balaban J connectivity index is 1.71. The fraction of sp³-hybridized carbons (Fsp3) is 0.474. The Labute approximate surface area is 165 Å². The summed E-state index contributed by atoms with van der Waals surface area (Å²) in [6, 6.07) is 4.21. The molecule has 2 N–H and O–H groups in total. The van der Waals surface area contributed by atoms with Gasteiger partial charge in [-0.2, -0.15) is 4.31 Å². The molecule has 1 fully saturated rings. The van der Waals surface area contributed by atoms with E-state index in [1.807, 2.05) is 12.5 Å². The molecule has 1 aromatic heterocycles. The number of imidazole rings is 1. The van der Waals surface area contributed by atoms with E-state index in [9.17, 15) is 13.2 Å². The van der Waals surface area contributed by atoms with Crippen molar-refractivity contribution in [1.29, 1.82) is 0 Å². The molecule has 9 heteroatoms. The van der Waals surface area contributed by atoms with Crippen molar-refractivity contribution in [3.05, 3.63) is 42.0 Å². The fourth-order valence-corrected chi connectivity index (χ4v) is 5.10. The lowest BCUT2D eigenvalue weighted by Gasteiger charge is -2.31. The predicted molar refractivity (Wildman–Crippen MR) is 105 cm³/mol. The number of aromatic nitrogens is 2. The van der Waals surface area contributed by atoms with E-state index in [-0.39, 0.29) is 16.2 Å². The first-order valence-electron chi connectivity index (χ1n) is 9.33. The summed E-state index contributed by atoms with van der Waals surface area (Å²) in [6.45, 7) is 3.84. The van der Waals surface area contributed by atoms with Crippen molar-refractivity contribution >= 4 is 15.9 Å². The third kappa shape index (κ3) is 4.05. The molecule has 0 unspecified atom stereocenters. The van der Waals surface area contributed by atoms with Crippen LogP contribution in [0.3, 0.4) is 0 Å². The number of hydrogen-bond acceptors (Lipinski definition) is 5. The summed E-state index contributed by atoms with van der Waals surface area (Å²) in [5.74, 6) is -0.0557. The van der Waals surface area contributed by atoms with Crippen molar-refractivity contribution in [2.75, 3.05) is 20.2 Å². The van der Waals surface area contributed by atoms with Gasteiger partial charge in [-0.1, -0.05) is 6.92 Å². The van der Waals surface area contributed by atoms with Gasteiger partial charge in [-0.3, -0.25) is 4.79 Å². The zero-order valence-corrected chi connectivity index (χ0v) is 17.0. The maximum absolute atomic E-state index is 13.0. The highest BCUT2D eigenvalue weighted by molar-refractivity contribution is 7.89. The second-order valence-electron chi connectivity index (χ2n) is 6.96. The van der Waals surface area contributed by atoms with Crippen LogP contribution in [0.5, 0.6) is 5.75 Å². The third-order valence-corrected chi connectivity index (χ3v) is 7.16. The molecule has 1 aromatic carbocycles. The Bertz CT molecular complexity index is 947. The van der Waals surface area contributed by atoms with Crippen molar-refractivity contribution in [2.45, 2.75) is 37.6 Å². The maximum Gasteiger partial charge on any atom is 0.252 e.